The van der Waals surface area contributed by atoms with E-state index >= 15 is 0 Å². The lowest BCUT2D eigenvalue weighted by Gasteiger charge is -2.38. The number of rotatable bonds is 4. The molecule has 2 aromatic rings. The zero-order valence-corrected chi connectivity index (χ0v) is 15.2. The number of piperidine rings is 1. The average Bonchev–Trinajstić information content (AvgIpc) is 3.25. The fourth-order valence-corrected chi connectivity index (χ4v) is 4.37. The van der Waals surface area contributed by atoms with Crippen LogP contribution in [0.5, 0.6) is 0 Å². The Bertz CT molecular complexity index is 745. The van der Waals surface area contributed by atoms with Crippen LogP contribution in [0.15, 0.2) is 28.9 Å². The van der Waals surface area contributed by atoms with Crippen LogP contribution in [-0.2, 0) is 11.2 Å². The van der Waals surface area contributed by atoms with Gasteiger partial charge in [0.1, 0.15) is 5.58 Å². The molecule has 2 saturated heterocycles. The fourth-order valence-electron chi connectivity index (χ4n) is 4.37. The molecule has 0 spiro atoms. The second-order valence-electron chi connectivity index (χ2n) is 7.68. The number of amides is 1. The van der Waals surface area contributed by atoms with E-state index < -0.39 is 0 Å². The molecule has 4 rings (SSSR count). The molecule has 0 aliphatic carbocycles. The maximum atomic E-state index is 13.0. The summed E-state index contributed by atoms with van der Waals surface area (Å²) in [4.78, 5) is 17.7. The van der Waals surface area contributed by atoms with E-state index in [0.29, 0.717) is 12.5 Å². The van der Waals surface area contributed by atoms with Crippen LogP contribution in [-0.4, -0.2) is 47.9 Å². The van der Waals surface area contributed by atoms with Gasteiger partial charge in [-0.3, -0.25) is 4.79 Å². The largest absolute Gasteiger partial charge is 0.464 e. The molecule has 3 heterocycles. The van der Waals surface area contributed by atoms with E-state index in [4.69, 9.17) is 4.42 Å². The number of likely N-dealkylation sites (tertiary alicyclic amines) is 2. The van der Waals surface area contributed by atoms with Gasteiger partial charge in [-0.2, -0.15) is 0 Å². The van der Waals surface area contributed by atoms with Crippen molar-refractivity contribution >= 4 is 16.9 Å². The van der Waals surface area contributed by atoms with Crippen LogP contribution in [0.3, 0.4) is 0 Å². The quantitative estimate of drug-likeness (QED) is 0.850. The number of hydrogen-bond acceptors (Lipinski definition) is 3. The molecule has 134 valence electrons. The van der Waals surface area contributed by atoms with E-state index in [0.717, 1.165) is 42.5 Å². The monoisotopic (exact) mass is 340 g/mol. The normalized spacial score (nSPS) is 22.0. The van der Waals surface area contributed by atoms with Crippen LogP contribution in [0.4, 0.5) is 0 Å². The average molecular weight is 340 g/mol. The van der Waals surface area contributed by atoms with Crippen molar-refractivity contribution in [2.45, 2.75) is 51.5 Å². The highest BCUT2D eigenvalue weighted by molar-refractivity contribution is 5.88. The second-order valence-corrected chi connectivity index (χ2v) is 7.68. The second kappa shape index (κ2) is 7.20. The van der Waals surface area contributed by atoms with Crippen LogP contribution < -0.4 is 0 Å². The molecular formula is C21H28N2O2. The molecule has 4 nitrogen and oxygen atoms in total. The number of furan rings is 1. The highest BCUT2D eigenvalue weighted by Crippen LogP contribution is 2.25. The number of carbonyl (C=O) groups excluding carboxylic acids is 1. The molecule has 2 aliphatic heterocycles. The van der Waals surface area contributed by atoms with Crippen molar-refractivity contribution < 1.29 is 9.21 Å². The summed E-state index contributed by atoms with van der Waals surface area (Å²) in [6, 6.07) is 6.59. The highest BCUT2D eigenvalue weighted by Gasteiger charge is 2.29. The van der Waals surface area contributed by atoms with Crippen LogP contribution in [0, 0.1) is 6.92 Å². The van der Waals surface area contributed by atoms with Crippen molar-refractivity contribution in [1.29, 1.82) is 0 Å². The van der Waals surface area contributed by atoms with E-state index in [9.17, 15) is 4.79 Å². The smallest absolute Gasteiger partial charge is 0.227 e. The molecule has 0 saturated carbocycles. The molecule has 1 aromatic heterocycles. The van der Waals surface area contributed by atoms with Crippen molar-refractivity contribution in [1.82, 2.24) is 9.80 Å². The van der Waals surface area contributed by atoms with Crippen LogP contribution in [0.1, 0.15) is 43.2 Å². The summed E-state index contributed by atoms with van der Waals surface area (Å²) in [6.07, 6.45) is 8.35. The Morgan fingerprint density at radius 2 is 1.96 bits per heavy atom. The molecule has 4 heteroatoms. The molecule has 0 N–H and O–H groups in total. The van der Waals surface area contributed by atoms with Gasteiger partial charge in [0, 0.05) is 30.1 Å². The van der Waals surface area contributed by atoms with Gasteiger partial charge in [0.2, 0.25) is 5.91 Å². The van der Waals surface area contributed by atoms with Gasteiger partial charge in [-0.05, 0) is 63.7 Å². The number of benzene rings is 1. The van der Waals surface area contributed by atoms with Gasteiger partial charge >= 0.3 is 0 Å². The van der Waals surface area contributed by atoms with E-state index in [1.54, 1.807) is 6.26 Å². The third-order valence-corrected chi connectivity index (χ3v) is 5.77. The lowest BCUT2D eigenvalue weighted by atomic mass is 10.00. The highest BCUT2D eigenvalue weighted by atomic mass is 16.3. The van der Waals surface area contributed by atoms with Crippen LogP contribution >= 0.6 is 0 Å². The summed E-state index contributed by atoms with van der Waals surface area (Å²) >= 11 is 0. The first-order chi connectivity index (χ1) is 12.2. The number of carbonyl (C=O) groups is 1. The molecule has 0 unspecified atom stereocenters. The molecule has 2 aliphatic rings. The summed E-state index contributed by atoms with van der Waals surface area (Å²) in [5.74, 6) is 0.257. The molecule has 25 heavy (non-hydrogen) atoms. The molecule has 0 radical (unpaired) electrons. The molecule has 1 aromatic carbocycles. The van der Waals surface area contributed by atoms with Crippen molar-refractivity contribution in [2.75, 3.05) is 26.2 Å². The van der Waals surface area contributed by atoms with E-state index in [1.165, 1.54) is 37.9 Å². The van der Waals surface area contributed by atoms with Crippen LogP contribution in [0.2, 0.25) is 0 Å². The van der Waals surface area contributed by atoms with Crippen molar-refractivity contribution in [3.8, 4) is 0 Å². The topological polar surface area (TPSA) is 36.7 Å². The van der Waals surface area contributed by atoms with E-state index in [1.807, 2.05) is 6.07 Å². The van der Waals surface area contributed by atoms with Gasteiger partial charge in [0.25, 0.3) is 0 Å². The first-order valence-corrected chi connectivity index (χ1v) is 9.69. The third kappa shape index (κ3) is 3.59. The van der Waals surface area contributed by atoms with Gasteiger partial charge in [0.05, 0.1) is 12.7 Å². The van der Waals surface area contributed by atoms with Gasteiger partial charge in [0.15, 0.2) is 0 Å². The van der Waals surface area contributed by atoms with Gasteiger partial charge in [-0.15, -0.1) is 0 Å². The first kappa shape index (κ1) is 16.6. The van der Waals surface area contributed by atoms with E-state index in [2.05, 4.69) is 28.9 Å². The lowest BCUT2D eigenvalue weighted by Crippen LogP contribution is -2.49. The molecule has 2 fully saturated rings. The van der Waals surface area contributed by atoms with Crippen molar-refractivity contribution in [2.24, 2.45) is 0 Å². The summed E-state index contributed by atoms with van der Waals surface area (Å²) in [5.41, 5.74) is 3.09. The summed E-state index contributed by atoms with van der Waals surface area (Å²) in [5, 5.41) is 1.08. The number of hydrogen-bond donors (Lipinski definition) is 0. The van der Waals surface area contributed by atoms with Crippen LogP contribution in [0.25, 0.3) is 11.0 Å². The Balaban J connectivity index is 1.47. The Hall–Kier alpha value is -1.81. The number of fused-ring (bicyclic) bond motifs is 1. The number of nitrogens with zero attached hydrogens (tertiary/aromatic N) is 2. The summed E-state index contributed by atoms with van der Waals surface area (Å²) in [7, 11) is 0. The Morgan fingerprint density at radius 1 is 1.16 bits per heavy atom. The Kier molecular flexibility index (Phi) is 4.80. The zero-order chi connectivity index (χ0) is 17.2. The number of aryl methyl sites for hydroxylation is 1. The SMILES string of the molecule is Cc1ccc2c(CC(=O)N3CCCC[C@@H]3CN3CCCC3)coc2c1. The Labute approximate surface area is 149 Å². The minimum atomic E-state index is 0.257. The predicted molar refractivity (Wildman–Crippen MR) is 99.7 cm³/mol. The van der Waals surface area contributed by atoms with Crippen molar-refractivity contribution in [3.05, 3.63) is 35.6 Å². The Morgan fingerprint density at radius 3 is 2.80 bits per heavy atom. The first-order valence-electron chi connectivity index (χ1n) is 9.69. The maximum Gasteiger partial charge on any atom is 0.227 e. The molecular weight excluding hydrogens is 312 g/mol. The van der Waals surface area contributed by atoms with Crippen molar-refractivity contribution in [3.63, 3.8) is 0 Å². The van der Waals surface area contributed by atoms with Gasteiger partial charge < -0.3 is 14.2 Å². The molecule has 1 atom stereocenters. The minimum absolute atomic E-state index is 0.257. The maximum absolute atomic E-state index is 13.0. The molecule has 0 bridgehead atoms. The molecule has 1 amide bonds. The van der Waals surface area contributed by atoms with E-state index in [-0.39, 0.29) is 5.91 Å². The minimum Gasteiger partial charge on any atom is -0.464 e. The summed E-state index contributed by atoms with van der Waals surface area (Å²) in [6.45, 7) is 6.42. The standard InChI is InChI=1S/C21H28N2O2/c1-16-7-8-19-17(15-25-20(19)12-16)13-21(24)23-11-3-2-6-18(23)14-22-9-4-5-10-22/h7-8,12,15,18H,2-6,9-11,13-14H2,1H3/t18-/m1/s1. The fraction of sp³-hybridized carbons (Fsp3) is 0.571. The zero-order valence-electron chi connectivity index (χ0n) is 15.2. The van der Waals surface area contributed by atoms with Gasteiger partial charge in [-0.25, -0.2) is 0 Å². The predicted octanol–water partition coefficient (Wildman–Crippen LogP) is 3.76. The third-order valence-electron chi connectivity index (χ3n) is 5.77. The summed E-state index contributed by atoms with van der Waals surface area (Å²) < 4.78 is 5.67. The van der Waals surface area contributed by atoms with Gasteiger partial charge in [-0.1, -0.05) is 12.1 Å². The lowest BCUT2D eigenvalue weighted by molar-refractivity contribution is -0.134.